The molecule has 1 aromatic carbocycles. The Kier molecular flexibility index (Phi) is 2.63. The molecule has 1 aromatic heterocycles. The lowest BCUT2D eigenvalue weighted by molar-refractivity contribution is -0.129. The van der Waals surface area contributed by atoms with E-state index in [2.05, 4.69) is 10.2 Å². The Morgan fingerprint density at radius 2 is 2.05 bits per heavy atom. The van der Waals surface area contributed by atoms with Crippen LogP contribution in [-0.2, 0) is 24.8 Å². The number of hydrogen-bond donors (Lipinski definition) is 0. The summed E-state index contributed by atoms with van der Waals surface area (Å²) >= 11 is 0. The molecule has 2 amide bonds. The molecule has 0 spiro atoms. The predicted octanol–water partition coefficient (Wildman–Crippen LogP) is 0.540. The van der Waals surface area contributed by atoms with Crippen LogP contribution in [0.5, 0.6) is 0 Å². The van der Waals surface area contributed by atoms with Gasteiger partial charge in [-0.25, -0.2) is 0 Å². The molecule has 3 rings (SSSR count). The number of carbonyl (C=O) groups is 2. The van der Waals surface area contributed by atoms with Crippen LogP contribution in [0.2, 0.25) is 0 Å². The maximum Gasteiger partial charge on any atom is 0.261 e. The SMILES string of the molecule is Cn1cnnc1CN1C(=O)Cc2ccccc2C1=O. The van der Waals surface area contributed by atoms with Crippen LogP contribution in [0.1, 0.15) is 21.7 Å². The Labute approximate surface area is 109 Å². The number of aryl methyl sites for hydroxylation is 1. The van der Waals surface area contributed by atoms with E-state index in [4.69, 9.17) is 0 Å². The van der Waals surface area contributed by atoms with E-state index in [0.717, 1.165) is 5.56 Å². The van der Waals surface area contributed by atoms with Crippen LogP contribution in [-0.4, -0.2) is 31.5 Å². The predicted molar refractivity (Wildman–Crippen MR) is 66.0 cm³/mol. The molecule has 0 atom stereocenters. The number of aromatic nitrogens is 3. The second kappa shape index (κ2) is 4.31. The largest absolute Gasteiger partial charge is 0.319 e. The van der Waals surface area contributed by atoms with Crippen molar-refractivity contribution in [3.05, 3.63) is 47.5 Å². The molecule has 2 aromatic rings. The Hall–Kier alpha value is -2.50. The third-order valence-electron chi connectivity index (χ3n) is 3.24. The minimum Gasteiger partial charge on any atom is -0.319 e. The van der Waals surface area contributed by atoms with Gasteiger partial charge in [-0.05, 0) is 11.6 Å². The highest BCUT2D eigenvalue weighted by Gasteiger charge is 2.31. The standard InChI is InChI=1S/C13H12N4O2/c1-16-8-14-15-11(16)7-17-12(18)6-9-4-2-3-5-10(9)13(17)19/h2-5,8H,6-7H2,1H3. The first-order valence-electron chi connectivity index (χ1n) is 5.92. The number of nitrogens with zero attached hydrogens (tertiary/aromatic N) is 4. The monoisotopic (exact) mass is 256 g/mol. The quantitative estimate of drug-likeness (QED) is 0.735. The molecule has 1 aliphatic rings. The van der Waals surface area contributed by atoms with E-state index >= 15 is 0 Å². The molecule has 0 bridgehead atoms. The Morgan fingerprint density at radius 3 is 2.79 bits per heavy atom. The van der Waals surface area contributed by atoms with Gasteiger partial charge in [0.15, 0.2) is 5.82 Å². The Morgan fingerprint density at radius 1 is 1.26 bits per heavy atom. The highest BCUT2D eigenvalue weighted by molar-refractivity contribution is 6.09. The number of rotatable bonds is 2. The van der Waals surface area contributed by atoms with Crippen LogP contribution >= 0.6 is 0 Å². The third kappa shape index (κ3) is 1.91. The average molecular weight is 256 g/mol. The highest BCUT2D eigenvalue weighted by Crippen LogP contribution is 2.20. The molecule has 6 nitrogen and oxygen atoms in total. The summed E-state index contributed by atoms with van der Waals surface area (Å²) < 4.78 is 1.70. The summed E-state index contributed by atoms with van der Waals surface area (Å²) in [5, 5.41) is 7.65. The van der Waals surface area contributed by atoms with Crippen molar-refractivity contribution in [1.82, 2.24) is 19.7 Å². The van der Waals surface area contributed by atoms with E-state index < -0.39 is 0 Å². The van der Waals surface area contributed by atoms with Crippen molar-refractivity contribution in [3.8, 4) is 0 Å². The van der Waals surface area contributed by atoms with Crippen LogP contribution < -0.4 is 0 Å². The number of benzene rings is 1. The van der Waals surface area contributed by atoms with E-state index in [1.807, 2.05) is 12.1 Å². The fourth-order valence-corrected chi connectivity index (χ4v) is 2.15. The third-order valence-corrected chi connectivity index (χ3v) is 3.24. The maximum absolute atomic E-state index is 12.3. The van der Waals surface area contributed by atoms with E-state index in [-0.39, 0.29) is 24.8 Å². The van der Waals surface area contributed by atoms with Crippen LogP contribution in [0, 0.1) is 0 Å². The van der Waals surface area contributed by atoms with Gasteiger partial charge in [0.2, 0.25) is 5.91 Å². The van der Waals surface area contributed by atoms with Gasteiger partial charge in [0.25, 0.3) is 5.91 Å². The van der Waals surface area contributed by atoms with Crippen LogP contribution in [0.25, 0.3) is 0 Å². The topological polar surface area (TPSA) is 68.1 Å². The molecule has 0 aliphatic carbocycles. The molecule has 0 unspecified atom stereocenters. The van der Waals surface area contributed by atoms with Gasteiger partial charge >= 0.3 is 0 Å². The molecule has 1 aliphatic heterocycles. The smallest absolute Gasteiger partial charge is 0.261 e. The summed E-state index contributed by atoms with van der Waals surface area (Å²) in [7, 11) is 1.78. The van der Waals surface area contributed by atoms with Gasteiger partial charge in [-0.1, -0.05) is 18.2 Å². The maximum atomic E-state index is 12.3. The average Bonchev–Trinajstić information content (AvgIpc) is 2.80. The first-order chi connectivity index (χ1) is 9.16. The summed E-state index contributed by atoms with van der Waals surface area (Å²) in [6.07, 6.45) is 1.79. The number of fused-ring (bicyclic) bond motifs is 1. The zero-order chi connectivity index (χ0) is 13.4. The molecule has 0 radical (unpaired) electrons. The van der Waals surface area contributed by atoms with Crippen molar-refractivity contribution in [3.63, 3.8) is 0 Å². The molecule has 19 heavy (non-hydrogen) atoms. The lowest BCUT2D eigenvalue weighted by atomic mass is 9.98. The Bertz CT molecular complexity index is 662. The minimum absolute atomic E-state index is 0.155. The number of hydrogen-bond acceptors (Lipinski definition) is 4. The van der Waals surface area contributed by atoms with E-state index in [9.17, 15) is 9.59 Å². The molecule has 2 heterocycles. The first kappa shape index (κ1) is 11.6. The van der Waals surface area contributed by atoms with Crippen LogP contribution in [0.3, 0.4) is 0 Å². The molecule has 6 heteroatoms. The van der Waals surface area contributed by atoms with Gasteiger partial charge in [-0.3, -0.25) is 14.5 Å². The van der Waals surface area contributed by atoms with Gasteiger partial charge < -0.3 is 4.57 Å². The van der Waals surface area contributed by atoms with Gasteiger partial charge in [0.1, 0.15) is 6.33 Å². The normalized spacial score (nSPS) is 14.7. The Balaban J connectivity index is 1.94. The van der Waals surface area contributed by atoms with Crippen molar-refractivity contribution in [2.75, 3.05) is 0 Å². The van der Waals surface area contributed by atoms with Crippen molar-refractivity contribution in [2.45, 2.75) is 13.0 Å². The second-order valence-electron chi connectivity index (χ2n) is 4.48. The first-order valence-corrected chi connectivity index (χ1v) is 5.92. The molecular formula is C13H12N4O2. The number of amides is 2. The summed E-state index contributed by atoms with van der Waals surface area (Å²) in [6.45, 7) is 0.155. The molecule has 0 N–H and O–H groups in total. The number of imide groups is 1. The van der Waals surface area contributed by atoms with Gasteiger partial charge in [0.05, 0.1) is 13.0 Å². The van der Waals surface area contributed by atoms with E-state index in [1.165, 1.54) is 4.90 Å². The molecule has 0 fully saturated rings. The van der Waals surface area contributed by atoms with Crippen molar-refractivity contribution in [2.24, 2.45) is 7.05 Å². The summed E-state index contributed by atoms with van der Waals surface area (Å²) in [6, 6.07) is 7.18. The summed E-state index contributed by atoms with van der Waals surface area (Å²) in [5.41, 5.74) is 1.37. The molecule has 96 valence electrons. The summed E-state index contributed by atoms with van der Waals surface area (Å²) in [4.78, 5) is 25.6. The molecular weight excluding hydrogens is 244 g/mol. The minimum atomic E-state index is -0.269. The summed E-state index contributed by atoms with van der Waals surface area (Å²) in [5.74, 6) is 0.114. The van der Waals surface area contributed by atoms with Gasteiger partial charge in [0, 0.05) is 12.6 Å². The zero-order valence-corrected chi connectivity index (χ0v) is 10.4. The van der Waals surface area contributed by atoms with E-state index in [0.29, 0.717) is 11.4 Å². The second-order valence-corrected chi connectivity index (χ2v) is 4.48. The lowest BCUT2D eigenvalue weighted by Crippen LogP contribution is -2.42. The lowest BCUT2D eigenvalue weighted by Gasteiger charge is -2.26. The van der Waals surface area contributed by atoms with Crippen LogP contribution in [0.15, 0.2) is 30.6 Å². The fourth-order valence-electron chi connectivity index (χ4n) is 2.15. The zero-order valence-electron chi connectivity index (χ0n) is 10.4. The molecule has 0 saturated heterocycles. The van der Waals surface area contributed by atoms with Gasteiger partial charge in [-0.15, -0.1) is 10.2 Å². The van der Waals surface area contributed by atoms with E-state index in [1.54, 1.807) is 30.1 Å². The highest BCUT2D eigenvalue weighted by atomic mass is 16.2. The van der Waals surface area contributed by atoms with Gasteiger partial charge in [-0.2, -0.15) is 0 Å². The van der Waals surface area contributed by atoms with Crippen molar-refractivity contribution >= 4 is 11.8 Å². The number of carbonyl (C=O) groups excluding carboxylic acids is 2. The fraction of sp³-hybridized carbons (Fsp3) is 0.231. The molecule has 0 saturated carbocycles. The van der Waals surface area contributed by atoms with Crippen LogP contribution in [0.4, 0.5) is 0 Å². The van der Waals surface area contributed by atoms with Crippen molar-refractivity contribution < 1.29 is 9.59 Å². The van der Waals surface area contributed by atoms with Crippen molar-refractivity contribution in [1.29, 1.82) is 0 Å².